The molecule has 110 valence electrons. The predicted molar refractivity (Wildman–Crippen MR) is 89.2 cm³/mol. The van der Waals surface area contributed by atoms with E-state index in [4.69, 9.17) is 4.74 Å². The molecule has 1 N–H and O–H groups in total. The largest absolute Gasteiger partial charge is 0.483 e. The highest BCUT2D eigenvalue weighted by molar-refractivity contribution is 9.11. The van der Waals surface area contributed by atoms with Gasteiger partial charge in [0.25, 0.3) is 5.91 Å². The predicted octanol–water partition coefficient (Wildman–Crippen LogP) is 3.66. The zero-order valence-corrected chi connectivity index (χ0v) is 14.1. The Morgan fingerprint density at radius 1 is 1.33 bits per heavy atom. The molecule has 0 aliphatic rings. The molecule has 6 heteroatoms. The first-order valence-electron chi connectivity index (χ1n) is 6.32. The Balaban J connectivity index is 1.84. The SMILES string of the molecule is Cc1cccc(C)c1OCC(=O)NN=Cc1ccc(Br)s1. The second kappa shape index (κ2) is 7.38. The molecule has 1 amide bonds. The summed E-state index contributed by atoms with van der Waals surface area (Å²) in [6.07, 6.45) is 1.60. The third kappa shape index (κ3) is 4.68. The van der Waals surface area contributed by atoms with Crippen molar-refractivity contribution in [3.05, 3.63) is 50.1 Å². The Bertz CT molecular complexity index is 647. The molecular weight excluding hydrogens is 352 g/mol. The second-order valence-electron chi connectivity index (χ2n) is 4.44. The summed E-state index contributed by atoms with van der Waals surface area (Å²) in [7, 11) is 0. The van der Waals surface area contributed by atoms with Crippen molar-refractivity contribution in [3.63, 3.8) is 0 Å². The summed E-state index contributed by atoms with van der Waals surface area (Å²) in [6.45, 7) is 3.84. The molecule has 0 fully saturated rings. The molecule has 1 aromatic heterocycles. The highest BCUT2D eigenvalue weighted by Gasteiger charge is 2.06. The van der Waals surface area contributed by atoms with Crippen LogP contribution in [0.5, 0.6) is 5.75 Å². The third-order valence-corrected chi connectivity index (χ3v) is 4.29. The maximum Gasteiger partial charge on any atom is 0.277 e. The molecule has 0 aliphatic carbocycles. The number of nitrogens with one attached hydrogen (secondary N) is 1. The Labute approximate surface area is 136 Å². The summed E-state index contributed by atoms with van der Waals surface area (Å²) in [6, 6.07) is 9.70. The molecule has 0 saturated carbocycles. The summed E-state index contributed by atoms with van der Waals surface area (Å²) in [5.74, 6) is 0.461. The molecule has 0 spiro atoms. The van der Waals surface area contributed by atoms with Crippen LogP contribution in [0.2, 0.25) is 0 Å². The zero-order valence-electron chi connectivity index (χ0n) is 11.7. The Morgan fingerprint density at radius 2 is 2.05 bits per heavy atom. The van der Waals surface area contributed by atoms with Crippen LogP contribution >= 0.6 is 27.3 Å². The van der Waals surface area contributed by atoms with Crippen LogP contribution in [0.1, 0.15) is 16.0 Å². The average Bonchev–Trinajstić information content (AvgIpc) is 2.84. The lowest BCUT2D eigenvalue weighted by atomic mass is 10.1. The van der Waals surface area contributed by atoms with Gasteiger partial charge in [0.2, 0.25) is 0 Å². The minimum absolute atomic E-state index is 0.0584. The van der Waals surface area contributed by atoms with Crippen LogP contribution in [0.25, 0.3) is 0 Å². The number of thiophene rings is 1. The highest BCUT2D eigenvalue weighted by Crippen LogP contribution is 2.22. The van der Waals surface area contributed by atoms with Crippen molar-refractivity contribution in [1.82, 2.24) is 5.43 Å². The fourth-order valence-electron chi connectivity index (χ4n) is 1.76. The first kappa shape index (κ1) is 15.7. The van der Waals surface area contributed by atoms with Crippen molar-refractivity contribution in [2.75, 3.05) is 6.61 Å². The topological polar surface area (TPSA) is 50.7 Å². The van der Waals surface area contributed by atoms with Crippen LogP contribution in [0.15, 0.2) is 39.2 Å². The number of rotatable bonds is 5. The molecule has 0 aliphatic heterocycles. The van der Waals surface area contributed by atoms with E-state index in [1.165, 1.54) is 11.3 Å². The van der Waals surface area contributed by atoms with Gasteiger partial charge in [-0.25, -0.2) is 5.43 Å². The van der Waals surface area contributed by atoms with Gasteiger partial charge >= 0.3 is 0 Å². The first-order chi connectivity index (χ1) is 10.1. The van der Waals surface area contributed by atoms with Gasteiger partial charge in [0, 0.05) is 4.88 Å². The quantitative estimate of drug-likeness (QED) is 0.648. The molecule has 2 aromatic rings. The van der Waals surface area contributed by atoms with Crippen molar-refractivity contribution in [1.29, 1.82) is 0 Å². The van der Waals surface area contributed by atoms with Gasteiger partial charge in [0.15, 0.2) is 6.61 Å². The summed E-state index contributed by atoms with van der Waals surface area (Å²) in [4.78, 5) is 12.6. The number of hydrogen-bond acceptors (Lipinski definition) is 4. The summed E-state index contributed by atoms with van der Waals surface area (Å²) < 4.78 is 6.57. The maximum atomic E-state index is 11.7. The number of carbonyl (C=O) groups is 1. The van der Waals surface area contributed by atoms with E-state index in [1.54, 1.807) is 6.21 Å². The number of aryl methyl sites for hydroxylation is 2. The van der Waals surface area contributed by atoms with Crippen LogP contribution in [-0.4, -0.2) is 18.7 Å². The number of carbonyl (C=O) groups excluding carboxylic acids is 1. The molecule has 0 unspecified atom stereocenters. The number of ether oxygens (including phenoxy) is 1. The summed E-state index contributed by atoms with van der Waals surface area (Å²) in [5, 5.41) is 3.90. The van der Waals surface area contributed by atoms with E-state index in [1.807, 2.05) is 44.2 Å². The minimum atomic E-state index is -0.287. The monoisotopic (exact) mass is 366 g/mol. The smallest absolute Gasteiger partial charge is 0.277 e. The average molecular weight is 367 g/mol. The van der Waals surface area contributed by atoms with Gasteiger partial charge in [-0.15, -0.1) is 11.3 Å². The standard InChI is InChI=1S/C15H15BrN2O2S/c1-10-4-3-5-11(2)15(10)20-9-14(19)18-17-8-12-6-7-13(16)21-12/h3-8H,9H2,1-2H3,(H,18,19). The number of hydrogen-bond donors (Lipinski definition) is 1. The lowest BCUT2D eigenvalue weighted by molar-refractivity contribution is -0.123. The van der Waals surface area contributed by atoms with E-state index >= 15 is 0 Å². The van der Waals surface area contributed by atoms with Crippen LogP contribution in [0, 0.1) is 13.8 Å². The fraction of sp³-hybridized carbons (Fsp3) is 0.200. The van der Waals surface area contributed by atoms with Gasteiger partial charge in [-0.3, -0.25) is 4.79 Å². The van der Waals surface area contributed by atoms with Crippen LogP contribution in [0.4, 0.5) is 0 Å². The molecule has 1 heterocycles. The van der Waals surface area contributed by atoms with E-state index < -0.39 is 0 Å². The lowest BCUT2D eigenvalue weighted by Crippen LogP contribution is -2.24. The van der Waals surface area contributed by atoms with E-state index in [2.05, 4.69) is 26.5 Å². The van der Waals surface area contributed by atoms with Gasteiger partial charge in [-0.1, -0.05) is 18.2 Å². The number of benzene rings is 1. The summed E-state index contributed by atoms with van der Waals surface area (Å²) >= 11 is 4.91. The maximum absolute atomic E-state index is 11.7. The number of hydrazone groups is 1. The van der Waals surface area contributed by atoms with Crippen LogP contribution in [0.3, 0.4) is 0 Å². The molecule has 2 rings (SSSR count). The van der Waals surface area contributed by atoms with E-state index in [0.29, 0.717) is 0 Å². The van der Waals surface area contributed by atoms with Gasteiger partial charge in [-0.2, -0.15) is 5.10 Å². The zero-order chi connectivity index (χ0) is 15.2. The number of amides is 1. The molecule has 0 atom stereocenters. The van der Waals surface area contributed by atoms with Crippen LogP contribution < -0.4 is 10.2 Å². The molecular formula is C15H15BrN2O2S. The van der Waals surface area contributed by atoms with Gasteiger partial charge in [0.05, 0.1) is 10.0 Å². The molecule has 1 aromatic carbocycles. The van der Waals surface area contributed by atoms with Crippen LogP contribution in [-0.2, 0) is 4.79 Å². The third-order valence-electron chi connectivity index (χ3n) is 2.73. The Kier molecular flexibility index (Phi) is 5.52. The van der Waals surface area contributed by atoms with Gasteiger partial charge in [0.1, 0.15) is 5.75 Å². The Hall–Kier alpha value is -1.66. The number of nitrogens with zero attached hydrogens (tertiary/aromatic N) is 1. The minimum Gasteiger partial charge on any atom is -0.483 e. The Morgan fingerprint density at radius 3 is 2.67 bits per heavy atom. The van der Waals surface area contributed by atoms with Crippen molar-refractivity contribution in [3.8, 4) is 5.75 Å². The second-order valence-corrected chi connectivity index (χ2v) is 6.94. The molecule has 0 saturated heterocycles. The number of para-hydroxylation sites is 1. The molecule has 4 nitrogen and oxygen atoms in total. The normalized spacial score (nSPS) is 10.8. The molecule has 21 heavy (non-hydrogen) atoms. The van der Waals surface area contributed by atoms with Crippen molar-refractivity contribution in [2.24, 2.45) is 5.10 Å². The first-order valence-corrected chi connectivity index (χ1v) is 7.93. The van der Waals surface area contributed by atoms with Gasteiger partial charge < -0.3 is 4.74 Å². The summed E-state index contributed by atoms with van der Waals surface area (Å²) in [5.41, 5.74) is 4.46. The number of halogens is 1. The molecule has 0 bridgehead atoms. The van der Waals surface area contributed by atoms with E-state index in [0.717, 1.165) is 25.5 Å². The molecule has 0 radical (unpaired) electrons. The van der Waals surface area contributed by atoms with Crippen molar-refractivity contribution < 1.29 is 9.53 Å². The van der Waals surface area contributed by atoms with E-state index in [-0.39, 0.29) is 12.5 Å². The highest BCUT2D eigenvalue weighted by atomic mass is 79.9. The lowest BCUT2D eigenvalue weighted by Gasteiger charge is -2.10. The van der Waals surface area contributed by atoms with Crippen molar-refractivity contribution >= 4 is 39.4 Å². The van der Waals surface area contributed by atoms with Crippen molar-refractivity contribution in [2.45, 2.75) is 13.8 Å². The fourth-order valence-corrected chi connectivity index (χ4v) is 3.06. The van der Waals surface area contributed by atoms with Gasteiger partial charge in [-0.05, 0) is 53.0 Å². The van der Waals surface area contributed by atoms with E-state index in [9.17, 15) is 4.79 Å².